The Labute approximate surface area is 85.4 Å². The van der Waals surface area contributed by atoms with E-state index in [9.17, 15) is 0 Å². The minimum Gasteiger partial charge on any atom is -0.468 e. The van der Waals surface area contributed by atoms with Crippen LogP contribution in [0.25, 0.3) is 0 Å². The summed E-state index contributed by atoms with van der Waals surface area (Å²) in [5.41, 5.74) is 0. The average molecular weight is 197 g/mol. The molecule has 0 aromatic carbocycles. The number of hydrogen-bond acceptors (Lipinski definition) is 3. The van der Waals surface area contributed by atoms with Crippen molar-refractivity contribution >= 4 is 0 Å². The molecular formula is C11H19NO2. The minimum atomic E-state index is 0.164. The van der Waals surface area contributed by atoms with Gasteiger partial charge in [-0.3, -0.25) is 0 Å². The molecule has 0 saturated heterocycles. The maximum atomic E-state index is 5.56. The first-order valence-electron chi connectivity index (χ1n) is 5.12. The molecule has 1 rings (SSSR count). The first-order chi connectivity index (χ1) is 6.74. The number of hydrogen-bond donors (Lipinski definition) is 1. The van der Waals surface area contributed by atoms with Gasteiger partial charge in [0.2, 0.25) is 0 Å². The molecule has 1 atom stereocenters. The van der Waals surface area contributed by atoms with Gasteiger partial charge in [0.25, 0.3) is 0 Å². The quantitative estimate of drug-likeness (QED) is 0.760. The standard InChI is InChI=1S/C11H19NO2/c1-4-12-10(8-14-9(2)3)11-6-5-7-13-11/h5-7,9-10,12H,4,8H2,1-3H3. The maximum Gasteiger partial charge on any atom is 0.123 e. The number of ether oxygens (including phenoxy) is 1. The third-order valence-corrected chi connectivity index (χ3v) is 1.93. The molecule has 14 heavy (non-hydrogen) atoms. The van der Waals surface area contributed by atoms with Crippen molar-refractivity contribution in [1.82, 2.24) is 5.32 Å². The Kier molecular flexibility index (Phi) is 4.70. The fraction of sp³-hybridized carbons (Fsp3) is 0.636. The molecule has 0 fully saturated rings. The fourth-order valence-corrected chi connectivity index (χ4v) is 1.27. The Balaban J connectivity index is 2.47. The van der Waals surface area contributed by atoms with Crippen LogP contribution in [0.5, 0.6) is 0 Å². The third-order valence-electron chi connectivity index (χ3n) is 1.93. The number of rotatable bonds is 6. The van der Waals surface area contributed by atoms with Crippen LogP contribution in [0.4, 0.5) is 0 Å². The van der Waals surface area contributed by atoms with Crippen LogP contribution >= 0.6 is 0 Å². The summed E-state index contributed by atoms with van der Waals surface area (Å²) in [4.78, 5) is 0. The van der Waals surface area contributed by atoms with E-state index in [2.05, 4.69) is 12.2 Å². The largest absolute Gasteiger partial charge is 0.468 e. The Bertz CT molecular complexity index is 231. The summed E-state index contributed by atoms with van der Waals surface area (Å²) in [5, 5.41) is 3.32. The van der Waals surface area contributed by atoms with Crippen molar-refractivity contribution in [3.8, 4) is 0 Å². The minimum absolute atomic E-state index is 0.164. The first kappa shape index (κ1) is 11.3. The molecule has 3 nitrogen and oxygen atoms in total. The van der Waals surface area contributed by atoms with Gasteiger partial charge in [-0.2, -0.15) is 0 Å². The third kappa shape index (κ3) is 3.52. The second-order valence-electron chi connectivity index (χ2n) is 3.51. The zero-order chi connectivity index (χ0) is 10.4. The van der Waals surface area contributed by atoms with Crippen molar-refractivity contribution in [3.63, 3.8) is 0 Å². The van der Waals surface area contributed by atoms with Crippen LogP contribution in [0.15, 0.2) is 22.8 Å². The zero-order valence-corrected chi connectivity index (χ0v) is 9.12. The highest BCUT2D eigenvalue weighted by molar-refractivity contribution is 5.04. The Morgan fingerprint density at radius 2 is 2.29 bits per heavy atom. The predicted molar refractivity (Wildman–Crippen MR) is 56.2 cm³/mol. The summed E-state index contributed by atoms with van der Waals surface area (Å²) >= 11 is 0. The maximum absolute atomic E-state index is 5.56. The van der Waals surface area contributed by atoms with Gasteiger partial charge in [0.05, 0.1) is 25.0 Å². The Morgan fingerprint density at radius 1 is 1.50 bits per heavy atom. The van der Waals surface area contributed by atoms with Crippen LogP contribution in [-0.4, -0.2) is 19.3 Å². The number of nitrogens with one attached hydrogen (secondary N) is 1. The van der Waals surface area contributed by atoms with E-state index in [0.29, 0.717) is 6.61 Å². The zero-order valence-electron chi connectivity index (χ0n) is 9.12. The van der Waals surface area contributed by atoms with Gasteiger partial charge >= 0.3 is 0 Å². The molecule has 80 valence electrons. The van der Waals surface area contributed by atoms with Gasteiger partial charge in [0, 0.05) is 0 Å². The van der Waals surface area contributed by atoms with Crippen LogP contribution < -0.4 is 5.32 Å². The number of likely N-dealkylation sites (N-methyl/N-ethyl adjacent to an activating group) is 1. The van der Waals surface area contributed by atoms with E-state index in [-0.39, 0.29) is 12.1 Å². The van der Waals surface area contributed by atoms with Crippen molar-refractivity contribution in [2.75, 3.05) is 13.2 Å². The second kappa shape index (κ2) is 5.83. The lowest BCUT2D eigenvalue weighted by Crippen LogP contribution is -2.26. The molecule has 1 N–H and O–H groups in total. The second-order valence-corrected chi connectivity index (χ2v) is 3.51. The van der Waals surface area contributed by atoms with Gasteiger partial charge in [-0.25, -0.2) is 0 Å². The fourth-order valence-electron chi connectivity index (χ4n) is 1.27. The van der Waals surface area contributed by atoms with Crippen LogP contribution in [0.2, 0.25) is 0 Å². The van der Waals surface area contributed by atoms with E-state index < -0.39 is 0 Å². The van der Waals surface area contributed by atoms with Crippen molar-refractivity contribution in [3.05, 3.63) is 24.2 Å². The molecule has 0 amide bonds. The van der Waals surface area contributed by atoms with Crippen molar-refractivity contribution in [2.24, 2.45) is 0 Å². The molecule has 0 aliphatic carbocycles. The van der Waals surface area contributed by atoms with Gasteiger partial charge in [-0.1, -0.05) is 6.92 Å². The van der Waals surface area contributed by atoms with E-state index in [0.717, 1.165) is 12.3 Å². The van der Waals surface area contributed by atoms with Crippen molar-refractivity contribution in [1.29, 1.82) is 0 Å². The SMILES string of the molecule is CCNC(COC(C)C)c1ccco1. The first-order valence-corrected chi connectivity index (χ1v) is 5.12. The smallest absolute Gasteiger partial charge is 0.123 e. The van der Waals surface area contributed by atoms with Crippen LogP contribution in [0, 0.1) is 0 Å². The Morgan fingerprint density at radius 3 is 2.79 bits per heavy atom. The average Bonchev–Trinajstić information content (AvgIpc) is 2.64. The van der Waals surface area contributed by atoms with E-state index in [1.54, 1.807) is 6.26 Å². The monoisotopic (exact) mass is 197 g/mol. The van der Waals surface area contributed by atoms with E-state index in [1.165, 1.54) is 0 Å². The van der Waals surface area contributed by atoms with Gasteiger partial charge in [-0.15, -0.1) is 0 Å². The topological polar surface area (TPSA) is 34.4 Å². The summed E-state index contributed by atoms with van der Waals surface area (Å²) in [6.45, 7) is 7.70. The molecule has 0 saturated carbocycles. The molecule has 3 heteroatoms. The summed E-state index contributed by atoms with van der Waals surface area (Å²) in [7, 11) is 0. The van der Waals surface area contributed by atoms with Gasteiger partial charge < -0.3 is 14.5 Å². The normalized spacial score (nSPS) is 13.4. The highest BCUT2D eigenvalue weighted by Gasteiger charge is 2.13. The summed E-state index contributed by atoms with van der Waals surface area (Å²) in [6.07, 6.45) is 1.95. The number of furan rings is 1. The molecular weight excluding hydrogens is 178 g/mol. The molecule has 0 aliphatic heterocycles. The summed E-state index contributed by atoms with van der Waals surface area (Å²) in [6, 6.07) is 4.03. The Hall–Kier alpha value is -0.800. The van der Waals surface area contributed by atoms with E-state index >= 15 is 0 Å². The molecule has 1 aromatic rings. The molecule has 1 aromatic heterocycles. The lowest BCUT2D eigenvalue weighted by Gasteiger charge is -2.17. The molecule has 1 unspecified atom stereocenters. The molecule has 0 spiro atoms. The highest BCUT2D eigenvalue weighted by atomic mass is 16.5. The van der Waals surface area contributed by atoms with Gasteiger partial charge in [0.1, 0.15) is 5.76 Å². The van der Waals surface area contributed by atoms with E-state index in [4.69, 9.17) is 9.15 Å². The molecule has 0 radical (unpaired) electrons. The summed E-state index contributed by atoms with van der Waals surface area (Å²) in [5.74, 6) is 0.938. The lowest BCUT2D eigenvalue weighted by atomic mass is 10.2. The van der Waals surface area contributed by atoms with Crippen molar-refractivity contribution in [2.45, 2.75) is 32.9 Å². The highest BCUT2D eigenvalue weighted by Crippen LogP contribution is 2.14. The van der Waals surface area contributed by atoms with Crippen molar-refractivity contribution < 1.29 is 9.15 Å². The lowest BCUT2D eigenvalue weighted by molar-refractivity contribution is 0.0571. The van der Waals surface area contributed by atoms with E-state index in [1.807, 2.05) is 26.0 Å². The van der Waals surface area contributed by atoms with Gasteiger partial charge in [-0.05, 0) is 32.5 Å². The molecule has 0 bridgehead atoms. The van der Waals surface area contributed by atoms with Crippen LogP contribution in [0.3, 0.4) is 0 Å². The van der Waals surface area contributed by atoms with Crippen LogP contribution in [-0.2, 0) is 4.74 Å². The summed E-state index contributed by atoms with van der Waals surface area (Å²) < 4.78 is 10.9. The predicted octanol–water partition coefficient (Wildman–Crippen LogP) is 2.36. The molecule has 1 heterocycles. The van der Waals surface area contributed by atoms with Crippen LogP contribution in [0.1, 0.15) is 32.6 Å². The molecule has 0 aliphatic rings. The van der Waals surface area contributed by atoms with Gasteiger partial charge in [0.15, 0.2) is 0 Å².